The third kappa shape index (κ3) is 5.03. The highest BCUT2D eigenvalue weighted by Gasteiger charge is 2.75. The Morgan fingerprint density at radius 1 is 1.08 bits per heavy atom. The van der Waals surface area contributed by atoms with Crippen LogP contribution in [0.15, 0.2) is 30.3 Å². The predicted molar refractivity (Wildman–Crippen MR) is 142 cm³/mol. The highest BCUT2D eigenvalue weighted by molar-refractivity contribution is 8.02. The number of nitrogens with one attached hydrogen (secondary N) is 2. The number of rotatable bonds is 13. The number of thioether (sulfide) groups is 1. The fourth-order valence-corrected chi connectivity index (χ4v) is 8.92. The second-order valence-corrected chi connectivity index (χ2v) is 12.1. The Hall–Kier alpha value is -2.06. The molecule has 36 heavy (non-hydrogen) atoms. The van der Waals surface area contributed by atoms with Crippen LogP contribution in [0.2, 0.25) is 0 Å². The molecule has 1 aromatic rings. The highest BCUT2D eigenvalue weighted by Crippen LogP contribution is 2.68. The van der Waals surface area contributed by atoms with E-state index in [1.807, 2.05) is 30.3 Å². The van der Waals surface area contributed by atoms with Crippen molar-refractivity contribution in [2.45, 2.75) is 81.4 Å². The molecule has 0 aromatic heterocycles. The van der Waals surface area contributed by atoms with E-state index in [1.54, 1.807) is 16.7 Å². The topological polar surface area (TPSA) is 98.7 Å². The summed E-state index contributed by atoms with van der Waals surface area (Å²) in [6, 6.07) is 9.27. The van der Waals surface area contributed by atoms with E-state index in [0.717, 1.165) is 50.5 Å². The molecule has 3 heterocycles. The van der Waals surface area contributed by atoms with Crippen LogP contribution in [0.1, 0.15) is 64.4 Å². The summed E-state index contributed by atoms with van der Waals surface area (Å²) in [6.07, 6.45) is 6.08. The van der Waals surface area contributed by atoms with Crippen molar-refractivity contribution in [1.29, 1.82) is 0 Å². The second kappa shape index (κ2) is 12.0. The number of aliphatic hydroxyl groups is 1. The van der Waals surface area contributed by atoms with Crippen LogP contribution < -0.4 is 10.6 Å². The van der Waals surface area contributed by atoms with E-state index in [-0.39, 0.29) is 35.5 Å². The molecule has 3 fully saturated rings. The molecular formula is C28H41N3O4S. The largest absolute Gasteiger partial charge is 0.396 e. The maximum atomic E-state index is 14.0. The number of likely N-dealkylation sites (tertiary alicyclic amines) is 1. The molecule has 3 unspecified atom stereocenters. The van der Waals surface area contributed by atoms with Crippen molar-refractivity contribution in [3.8, 4) is 0 Å². The van der Waals surface area contributed by atoms with Gasteiger partial charge in [-0.1, -0.05) is 63.4 Å². The lowest BCUT2D eigenvalue weighted by Crippen LogP contribution is -2.56. The summed E-state index contributed by atoms with van der Waals surface area (Å²) in [5, 5.41) is 15.3. The number of unbranched alkanes of at least 4 members (excludes halogenated alkanes) is 4. The number of amides is 3. The van der Waals surface area contributed by atoms with Crippen LogP contribution >= 0.6 is 11.8 Å². The van der Waals surface area contributed by atoms with E-state index < -0.39 is 22.6 Å². The first-order chi connectivity index (χ1) is 17.5. The quantitative estimate of drug-likeness (QED) is 0.351. The summed E-state index contributed by atoms with van der Waals surface area (Å²) in [7, 11) is 0. The minimum absolute atomic E-state index is 0.0331. The van der Waals surface area contributed by atoms with Gasteiger partial charge in [0.05, 0.1) is 16.6 Å². The van der Waals surface area contributed by atoms with Gasteiger partial charge in [0.1, 0.15) is 6.04 Å². The third-order valence-corrected chi connectivity index (χ3v) is 10.3. The molecule has 3 aliphatic heterocycles. The molecule has 3 aliphatic rings. The lowest BCUT2D eigenvalue weighted by molar-refractivity contribution is -0.140. The fourth-order valence-electron chi connectivity index (χ4n) is 6.50. The second-order valence-electron chi connectivity index (χ2n) is 10.6. The Labute approximate surface area is 219 Å². The Morgan fingerprint density at radius 2 is 1.83 bits per heavy atom. The van der Waals surface area contributed by atoms with Crippen molar-refractivity contribution in [3.63, 3.8) is 0 Å². The van der Waals surface area contributed by atoms with Crippen LogP contribution in [0.3, 0.4) is 0 Å². The van der Waals surface area contributed by atoms with Gasteiger partial charge in [-0.25, -0.2) is 0 Å². The van der Waals surface area contributed by atoms with Crippen LogP contribution in [0.5, 0.6) is 0 Å². The van der Waals surface area contributed by atoms with E-state index in [1.165, 1.54) is 0 Å². The SMILES string of the molecule is CCCCNC(=O)C1N(CCCCCCO)C(=O)[C@@H]2[C@H](C(=O)NCc3ccccc3)[C@@H]3CC(C)C12S3. The third-order valence-electron chi connectivity index (χ3n) is 8.24. The molecule has 7 nitrogen and oxygen atoms in total. The molecular weight excluding hydrogens is 474 g/mol. The number of hydrogen-bond acceptors (Lipinski definition) is 5. The number of carbonyl (C=O) groups excluding carboxylic acids is 3. The fraction of sp³-hybridized carbons (Fsp3) is 0.679. The van der Waals surface area contributed by atoms with Crippen molar-refractivity contribution in [3.05, 3.63) is 35.9 Å². The number of carbonyl (C=O) groups is 3. The first-order valence-electron chi connectivity index (χ1n) is 13.6. The predicted octanol–water partition coefficient (Wildman–Crippen LogP) is 3.11. The lowest BCUT2D eigenvalue weighted by Gasteiger charge is -2.38. The van der Waals surface area contributed by atoms with Gasteiger partial charge < -0.3 is 20.6 Å². The first-order valence-corrected chi connectivity index (χ1v) is 14.5. The van der Waals surface area contributed by atoms with Crippen molar-refractivity contribution in [1.82, 2.24) is 15.5 Å². The molecule has 3 amide bonds. The van der Waals surface area contributed by atoms with E-state index in [0.29, 0.717) is 19.6 Å². The van der Waals surface area contributed by atoms with E-state index in [4.69, 9.17) is 5.11 Å². The van der Waals surface area contributed by atoms with Gasteiger partial charge in [0.25, 0.3) is 0 Å². The average Bonchev–Trinajstić information content (AvgIpc) is 3.47. The zero-order valence-electron chi connectivity index (χ0n) is 21.6. The van der Waals surface area contributed by atoms with E-state index in [2.05, 4.69) is 24.5 Å². The van der Waals surface area contributed by atoms with Gasteiger partial charge >= 0.3 is 0 Å². The zero-order chi connectivity index (χ0) is 25.7. The number of aliphatic hydroxyl groups excluding tert-OH is 1. The number of hydrogen-bond donors (Lipinski definition) is 3. The molecule has 1 spiro atoms. The van der Waals surface area contributed by atoms with E-state index in [9.17, 15) is 14.4 Å². The number of fused-ring (bicyclic) bond motifs is 1. The Morgan fingerprint density at radius 3 is 2.56 bits per heavy atom. The highest BCUT2D eigenvalue weighted by atomic mass is 32.2. The molecule has 4 rings (SSSR count). The zero-order valence-corrected chi connectivity index (χ0v) is 22.4. The standard InChI is InChI=1S/C28H41N3O4S/c1-3-4-14-29-26(34)24-28-19(2)17-21(36-28)22(25(33)30-18-20-12-8-7-9-13-20)23(28)27(35)31(24)15-10-5-6-11-16-32/h7-9,12-13,19,21-24,32H,3-6,10-11,14-18H2,1-2H3,(H,29,34)(H,30,33)/t19?,21-,22+,23-,24?,28?/m0/s1. The molecule has 0 radical (unpaired) electrons. The molecule has 3 saturated heterocycles. The monoisotopic (exact) mass is 515 g/mol. The van der Waals surface area contributed by atoms with Crippen LogP contribution in [0.25, 0.3) is 0 Å². The van der Waals surface area contributed by atoms with Crippen molar-refractivity contribution in [2.75, 3.05) is 19.7 Å². The maximum absolute atomic E-state index is 14.0. The molecule has 198 valence electrons. The van der Waals surface area contributed by atoms with Crippen LogP contribution in [0, 0.1) is 17.8 Å². The van der Waals surface area contributed by atoms with E-state index >= 15 is 0 Å². The van der Waals surface area contributed by atoms with Crippen LogP contribution in [0.4, 0.5) is 0 Å². The summed E-state index contributed by atoms with van der Waals surface area (Å²) in [5.41, 5.74) is 1.03. The molecule has 3 N–H and O–H groups in total. The van der Waals surface area contributed by atoms with Gasteiger partial charge in [0.2, 0.25) is 17.7 Å². The van der Waals surface area contributed by atoms with Crippen molar-refractivity contribution < 1.29 is 19.5 Å². The van der Waals surface area contributed by atoms with Crippen LogP contribution in [-0.4, -0.2) is 63.5 Å². The molecule has 2 bridgehead atoms. The minimum atomic E-state index is -0.558. The van der Waals surface area contributed by atoms with Gasteiger partial charge in [0, 0.05) is 31.5 Å². The van der Waals surface area contributed by atoms with Gasteiger partial charge in [-0.15, -0.1) is 11.8 Å². The van der Waals surface area contributed by atoms with Gasteiger partial charge in [0.15, 0.2) is 0 Å². The number of nitrogens with zero attached hydrogens (tertiary/aromatic N) is 1. The van der Waals surface area contributed by atoms with Gasteiger partial charge in [-0.3, -0.25) is 14.4 Å². The molecule has 1 aromatic carbocycles. The van der Waals surface area contributed by atoms with Crippen molar-refractivity contribution >= 4 is 29.5 Å². The minimum Gasteiger partial charge on any atom is -0.396 e. The summed E-state index contributed by atoms with van der Waals surface area (Å²) >= 11 is 1.73. The summed E-state index contributed by atoms with van der Waals surface area (Å²) in [5.74, 6) is -0.868. The smallest absolute Gasteiger partial charge is 0.244 e. The molecule has 0 saturated carbocycles. The number of benzene rings is 1. The molecule has 6 atom stereocenters. The van der Waals surface area contributed by atoms with Gasteiger partial charge in [-0.05, 0) is 37.2 Å². The van der Waals surface area contributed by atoms with Crippen LogP contribution in [-0.2, 0) is 20.9 Å². The lowest BCUT2D eigenvalue weighted by atomic mass is 9.66. The normalized spacial score (nSPS) is 30.5. The maximum Gasteiger partial charge on any atom is 0.244 e. The first kappa shape index (κ1) is 27.0. The Balaban J connectivity index is 1.56. The summed E-state index contributed by atoms with van der Waals surface area (Å²) < 4.78 is -0.558. The average molecular weight is 516 g/mol. The summed E-state index contributed by atoms with van der Waals surface area (Å²) in [6.45, 7) is 5.98. The Bertz CT molecular complexity index is 929. The van der Waals surface area contributed by atoms with Crippen molar-refractivity contribution in [2.24, 2.45) is 17.8 Å². The van der Waals surface area contributed by atoms with Gasteiger partial charge in [-0.2, -0.15) is 0 Å². The summed E-state index contributed by atoms with van der Waals surface area (Å²) in [4.78, 5) is 42.9. The molecule has 0 aliphatic carbocycles. The Kier molecular flexibility index (Phi) is 8.99. The molecule has 8 heteroatoms.